The summed E-state index contributed by atoms with van der Waals surface area (Å²) in [5, 5.41) is 9.40. The fourth-order valence-corrected chi connectivity index (χ4v) is 3.15. The van der Waals surface area contributed by atoms with E-state index in [0.717, 1.165) is 5.56 Å². The van der Waals surface area contributed by atoms with Crippen molar-refractivity contribution >= 4 is 10.0 Å². The van der Waals surface area contributed by atoms with Gasteiger partial charge in [-0.15, -0.1) is 0 Å². The maximum absolute atomic E-state index is 11.8. The minimum atomic E-state index is -3.84. The summed E-state index contributed by atoms with van der Waals surface area (Å²) in [6.07, 6.45) is 0. The van der Waals surface area contributed by atoms with Gasteiger partial charge in [-0.05, 0) is 13.0 Å². The number of nitrogens with zero attached hydrogens (tertiary/aromatic N) is 1. The Morgan fingerprint density at radius 2 is 1.64 bits per heavy atom. The lowest BCUT2D eigenvalue weighted by molar-refractivity contribution is 0.400. The van der Waals surface area contributed by atoms with E-state index in [4.69, 9.17) is 9.66 Å². The third-order valence-electron chi connectivity index (χ3n) is 3.37. The van der Waals surface area contributed by atoms with Crippen LogP contribution in [0.1, 0.15) is 5.76 Å². The molecule has 0 saturated carbocycles. The Bertz CT molecular complexity index is 916. The van der Waals surface area contributed by atoms with Crippen LogP contribution < -0.4 is 5.14 Å². The monoisotopic (exact) mass is 314 g/mol. The van der Waals surface area contributed by atoms with Crippen LogP contribution >= 0.6 is 0 Å². The maximum Gasteiger partial charge on any atom is 0.238 e. The summed E-state index contributed by atoms with van der Waals surface area (Å²) < 4.78 is 29.0. The van der Waals surface area contributed by atoms with Crippen molar-refractivity contribution in [1.82, 2.24) is 5.16 Å². The highest BCUT2D eigenvalue weighted by Crippen LogP contribution is 2.37. The Kier molecular flexibility index (Phi) is 3.56. The molecular formula is C16H14N2O3S. The van der Waals surface area contributed by atoms with E-state index in [1.54, 1.807) is 25.1 Å². The average molecular weight is 314 g/mol. The van der Waals surface area contributed by atoms with Crippen molar-refractivity contribution < 1.29 is 12.9 Å². The van der Waals surface area contributed by atoms with Crippen LogP contribution in [0.4, 0.5) is 0 Å². The Hall–Kier alpha value is -2.44. The predicted octanol–water partition coefficient (Wildman–Crippen LogP) is 2.96. The van der Waals surface area contributed by atoms with Crippen molar-refractivity contribution in [3.05, 3.63) is 60.4 Å². The van der Waals surface area contributed by atoms with Gasteiger partial charge in [0.05, 0.1) is 10.5 Å². The number of benzene rings is 2. The molecule has 22 heavy (non-hydrogen) atoms. The highest BCUT2D eigenvalue weighted by Gasteiger charge is 2.22. The summed E-state index contributed by atoms with van der Waals surface area (Å²) >= 11 is 0. The third kappa shape index (κ3) is 2.54. The first kappa shape index (κ1) is 14.5. The fraction of sp³-hybridized carbons (Fsp3) is 0.0625. The molecule has 0 spiro atoms. The normalized spacial score (nSPS) is 11.5. The predicted molar refractivity (Wildman–Crippen MR) is 83.5 cm³/mol. The summed E-state index contributed by atoms with van der Waals surface area (Å²) in [7, 11) is -3.84. The van der Waals surface area contributed by atoms with Gasteiger partial charge in [-0.25, -0.2) is 13.6 Å². The highest BCUT2D eigenvalue weighted by molar-refractivity contribution is 7.89. The minimum absolute atomic E-state index is 0.0541. The molecule has 0 saturated heterocycles. The zero-order valence-electron chi connectivity index (χ0n) is 11.9. The van der Waals surface area contributed by atoms with Crippen LogP contribution in [0, 0.1) is 6.92 Å². The van der Waals surface area contributed by atoms with Crippen LogP contribution in [0.5, 0.6) is 0 Å². The van der Waals surface area contributed by atoms with E-state index in [1.807, 2.05) is 30.3 Å². The van der Waals surface area contributed by atoms with Gasteiger partial charge in [0.1, 0.15) is 11.5 Å². The van der Waals surface area contributed by atoms with Gasteiger partial charge in [0.2, 0.25) is 10.0 Å². The van der Waals surface area contributed by atoms with Crippen molar-refractivity contribution in [2.75, 3.05) is 0 Å². The summed E-state index contributed by atoms with van der Waals surface area (Å²) in [5.41, 5.74) is 2.56. The number of hydrogen-bond donors (Lipinski definition) is 1. The molecular weight excluding hydrogens is 300 g/mol. The molecule has 0 radical (unpaired) electrons. The molecule has 0 aliphatic rings. The number of nitrogens with two attached hydrogens (primary N) is 1. The number of sulfonamides is 1. The number of hydrogen-bond acceptors (Lipinski definition) is 4. The lowest BCUT2D eigenvalue weighted by Crippen LogP contribution is -2.13. The summed E-state index contributed by atoms with van der Waals surface area (Å²) in [5.74, 6) is 0.537. The van der Waals surface area contributed by atoms with Gasteiger partial charge >= 0.3 is 0 Å². The standard InChI is InChI=1S/C16H14N2O3S/c1-11-15(13-9-5-6-10-14(13)22(17,19)20)16(18-21-11)12-7-3-2-4-8-12/h2-10H,1H3,(H2,17,19,20). The first-order valence-electron chi connectivity index (χ1n) is 6.62. The first-order valence-corrected chi connectivity index (χ1v) is 8.17. The van der Waals surface area contributed by atoms with Crippen molar-refractivity contribution in [3.8, 4) is 22.4 Å². The van der Waals surface area contributed by atoms with E-state index in [0.29, 0.717) is 22.6 Å². The molecule has 6 heteroatoms. The van der Waals surface area contributed by atoms with Gasteiger partial charge in [0, 0.05) is 11.1 Å². The number of primary sulfonamides is 1. The van der Waals surface area contributed by atoms with Gasteiger partial charge in [-0.1, -0.05) is 53.7 Å². The molecule has 0 aliphatic carbocycles. The van der Waals surface area contributed by atoms with Gasteiger partial charge in [0.25, 0.3) is 0 Å². The SMILES string of the molecule is Cc1onc(-c2ccccc2)c1-c1ccccc1S(N)(=O)=O. The number of rotatable bonds is 3. The Labute approximate surface area is 128 Å². The molecule has 0 unspecified atom stereocenters. The topological polar surface area (TPSA) is 86.2 Å². The molecule has 2 N–H and O–H groups in total. The Balaban J connectivity index is 2.30. The number of aryl methyl sites for hydroxylation is 1. The fourth-order valence-electron chi connectivity index (χ4n) is 2.40. The smallest absolute Gasteiger partial charge is 0.238 e. The van der Waals surface area contributed by atoms with E-state index >= 15 is 0 Å². The summed E-state index contributed by atoms with van der Waals surface area (Å²) in [6.45, 7) is 1.74. The Morgan fingerprint density at radius 1 is 1.00 bits per heavy atom. The van der Waals surface area contributed by atoms with Crippen molar-refractivity contribution in [1.29, 1.82) is 0 Å². The highest BCUT2D eigenvalue weighted by atomic mass is 32.2. The first-order chi connectivity index (χ1) is 10.5. The van der Waals surface area contributed by atoms with Crippen LogP contribution in [0.2, 0.25) is 0 Å². The van der Waals surface area contributed by atoms with Crippen molar-refractivity contribution in [3.63, 3.8) is 0 Å². The van der Waals surface area contributed by atoms with E-state index < -0.39 is 10.0 Å². The molecule has 1 heterocycles. The molecule has 3 rings (SSSR count). The van der Waals surface area contributed by atoms with Crippen LogP contribution in [0.3, 0.4) is 0 Å². The van der Waals surface area contributed by atoms with E-state index in [2.05, 4.69) is 5.16 Å². The molecule has 0 amide bonds. The average Bonchev–Trinajstić information content (AvgIpc) is 2.89. The molecule has 2 aromatic carbocycles. The van der Waals surface area contributed by atoms with Gasteiger partial charge in [-0.2, -0.15) is 0 Å². The number of aromatic nitrogens is 1. The molecule has 0 atom stereocenters. The molecule has 1 aromatic heterocycles. The van der Waals surface area contributed by atoms with Crippen LogP contribution in [0.25, 0.3) is 22.4 Å². The van der Waals surface area contributed by atoms with E-state index in [1.165, 1.54) is 6.07 Å². The van der Waals surface area contributed by atoms with Gasteiger partial charge in [-0.3, -0.25) is 0 Å². The van der Waals surface area contributed by atoms with Gasteiger partial charge in [0.15, 0.2) is 0 Å². The Morgan fingerprint density at radius 3 is 2.32 bits per heavy atom. The molecule has 0 bridgehead atoms. The quantitative estimate of drug-likeness (QED) is 0.805. The molecule has 0 fully saturated rings. The zero-order valence-corrected chi connectivity index (χ0v) is 12.7. The van der Waals surface area contributed by atoms with E-state index in [9.17, 15) is 8.42 Å². The lowest BCUT2D eigenvalue weighted by atomic mass is 9.99. The second-order valence-corrected chi connectivity index (χ2v) is 6.40. The van der Waals surface area contributed by atoms with Crippen molar-refractivity contribution in [2.24, 2.45) is 5.14 Å². The molecule has 112 valence electrons. The van der Waals surface area contributed by atoms with Crippen LogP contribution in [0.15, 0.2) is 64.0 Å². The maximum atomic E-state index is 11.8. The van der Waals surface area contributed by atoms with Crippen molar-refractivity contribution in [2.45, 2.75) is 11.8 Å². The summed E-state index contributed by atoms with van der Waals surface area (Å²) in [4.78, 5) is 0.0541. The molecule has 0 aliphatic heterocycles. The van der Waals surface area contributed by atoms with Crippen LogP contribution in [-0.2, 0) is 10.0 Å². The summed E-state index contributed by atoms with van der Waals surface area (Å²) in [6, 6.07) is 16.0. The minimum Gasteiger partial charge on any atom is -0.360 e. The van der Waals surface area contributed by atoms with Crippen LogP contribution in [-0.4, -0.2) is 13.6 Å². The second-order valence-electron chi connectivity index (χ2n) is 4.87. The largest absolute Gasteiger partial charge is 0.360 e. The second kappa shape index (κ2) is 5.40. The molecule has 3 aromatic rings. The third-order valence-corrected chi connectivity index (χ3v) is 4.34. The lowest BCUT2D eigenvalue weighted by Gasteiger charge is -2.08. The van der Waals surface area contributed by atoms with Gasteiger partial charge < -0.3 is 4.52 Å². The molecule has 5 nitrogen and oxygen atoms in total. The van der Waals surface area contributed by atoms with E-state index in [-0.39, 0.29) is 4.90 Å². The zero-order chi connectivity index (χ0) is 15.7.